The van der Waals surface area contributed by atoms with Crippen molar-refractivity contribution >= 4 is 29.1 Å². The number of benzene rings is 1. The summed E-state index contributed by atoms with van der Waals surface area (Å²) in [7, 11) is 1.74. The second kappa shape index (κ2) is 6.25. The lowest BCUT2D eigenvalue weighted by Crippen LogP contribution is -2.30. The Balaban J connectivity index is 2.20. The summed E-state index contributed by atoms with van der Waals surface area (Å²) >= 11 is 11.7. The first-order valence-electron chi connectivity index (χ1n) is 6.13. The maximum absolute atomic E-state index is 12.4. The van der Waals surface area contributed by atoms with Crippen LogP contribution in [0.25, 0.3) is 0 Å². The van der Waals surface area contributed by atoms with E-state index in [9.17, 15) is 4.79 Å². The Kier molecular flexibility index (Phi) is 4.63. The highest BCUT2D eigenvalue weighted by Gasteiger charge is 2.20. The molecule has 1 unspecified atom stereocenters. The van der Waals surface area contributed by atoms with Gasteiger partial charge in [-0.15, -0.1) is 0 Å². The zero-order valence-electron chi connectivity index (χ0n) is 11.2. The quantitative estimate of drug-likeness (QED) is 0.850. The minimum atomic E-state index is -0.171. The van der Waals surface area contributed by atoms with Gasteiger partial charge in [0.05, 0.1) is 6.04 Å². The van der Waals surface area contributed by atoms with Gasteiger partial charge in [0.15, 0.2) is 0 Å². The summed E-state index contributed by atoms with van der Waals surface area (Å²) in [5.41, 5.74) is 1.34. The molecule has 0 saturated heterocycles. The molecule has 5 heteroatoms. The molecule has 0 fully saturated rings. The summed E-state index contributed by atoms with van der Waals surface area (Å²) in [5, 5.41) is 1.17. The minimum Gasteiger partial charge on any atom is -0.334 e. The zero-order valence-corrected chi connectivity index (χ0v) is 12.7. The van der Waals surface area contributed by atoms with Crippen molar-refractivity contribution in [2.24, 2.45) is 0 Å². The Morgan fingerprint density at radius 3 is 2.40 bits per heavy atom. The van der Waals surface area contributed by atoms with Gasteiger partial charge in [-0.25, -0.2) is 0 Å². The van der Waals surface area contributed by atoms with Crippen LogP contribution in [-0.2, 0) is 0 Å². The molecule has 2 rings (SSSR count). The van der Waals surface area contributed by atoms with Crippen LogP contribution >= 0.6 is 23.2 Å². The number of halogens is 2. The highest BCUT2D eigenvalue weighted by Crippen LogP contribution is 2.22. The highest BCUT2D eigenvalue weighted by atomic mass is 35.5. The number of carbonyl (C=O) groups excluding carboxylic acids is 1. The average molecular weight is 309 g/mol. The van der Waals surface area contributed by atoms with Crippen LogP contribution in [0, 0.1) is 0 Å². The first-order valence-corrected chi connectivity index (χ1v) is 6.89. The van der Waals surface area contributed by atoms with Crippen LogP contribution in [-0.4, -0.2) is 22.8 Å². The van der Waals surface area contributed by atoms with E-state index in [1.807, 2.05) is 31.2 Å². The molecule has 0 N–H and O–H groups in total. The van der Waals surface area contributed by atoms with E-state index >= 15 is 0 Å². The fourth-order valence-electron chi connectivity index (χ4n) is 1.84. The number of pyridine rings is 1. The Bertz CT molecular complexity index is 614. The third kappa shape index (κ3) is 3.30. The summed E-state index contributed by atoms with van der Waals surface area (Å²) in [6.45, 7) is 1.95. The molecule has 0 bridgehead atoms. The molecule has 1 aromatic carbocycles. The minimum absolute atomic E-state index is 0.0828. The van der Waals surface area contributed by atoms with Crippen molar-refractivity contribution in [1.29, 1.82) is 0 Å². The fraction of sp³-hybridized carbons (Fsp3) is 0.200. The molecule has 2 aromatic rings. The Morgan fingerprint density at radius 1 is 1.15 bits per heavy atom. The van der Waals surface area contributed by atoms with Gasteiger partial charge in [-0.05, 0) is 36.8 Å². The molecule has 1 atom stereocenters. The van der Waals surface area contributed by atoms with Crippen molar-refractivity contribution in [3.05, 3.63) is 63.9 Å². The molecule has 20 heavy (non-hydrogen) atoms. The lowest BCUT2D eigenvalue weighted by molar-refractivity contribution is 0.0736. The largest absolute Gasteiger partial charge is 0.334 e. The Hall–Kier alpha value is -1.58. The van der Waals surface area contributed by atoms with Gasteiger partial charge in [0.2, 0.25) is 0 Å². The van der Waals surface area contributed by atoms with Crippen LogP contribution in [0.4, 0.5) is 0 Å². The first-order chi connectivity index (χ1) is 9.49. The van der Waals surface area contributed by atoms with E-state index in [2.05, 4.69) is 4.98 Å². The molecule has 0 saturated carbocycles. The number of nitrogens with zero attached hydrogens (tertiary/aromatic N) is 2. The maximum Gasteiger partial charge on any atom is 0.272 e. The van der Waals surface area contributed by atoms with Gasteiger partial charge in [0.1, 0.15) is 5.69 Å². The monoisotopic (exact) mass is 308 g/mol. The molecule has 1 aromatic heterocycles. The van der Waals surface area contributed by atoms with Crippen LogP contribution < -0.4 is 0 Å². The van der Waals surface area contributed by atoms with Crippen LogP contribution in [0.1, 0.15) is 29.0 Å². The summed E-state index contributed by atoms with van der Waals surface area (Å²) in [6, 6.07) is 10.5. The number of aromatic nitrogens is 1. The molecule has 0 spiro atoms. The SMILES string of the molecule is CC(c1ccc(Cl)cc1)N(C)C(=O)c1cc(Cl)ccn1. The zero-order chi connectivity index (χ0) is 14.7. The topological polar surface area (TPSA) is 33.2 Å². The van der Waals surface area contributed by atoms with Gasteiger partial charge in [-0.2, -0.15) is 0 Å². The smallest absolute Gasteiger partial charge is 0.272 e. The Labute approximate surface area is 128 Å². The predicted molar refractivity (Wildman–Crippen MR) is 81.2 cm³/mol. The lowest BCUT2D eigenvalue weighted by Gasteiger charge is -2.25. The van der Waals surface area contributed by atoms with E-state index in [1.54, 1.807) is 24.1 Å². The summed E-state index contributed by atoms with van der Waals surface area (Å²) in [5.74, 6) is -0.171. The second-order valence-corrected chi connectivity index (χ2v) is 5.38. The third-order valence-electron chi connectivity index (χ3n) is 3.19. The lowest BCUT2D eigenvalue weighted by atomic mass is 10.1. The van der Waals surface area contributed by atoms with Crippen LogP contribution in [0.15, 0.2) is 42.6 Å². The first kappa shape index (κ1) is 14.8. The molecular formula is C15H14Cl2N2O. The second-order valence-electron chi connectivity index (χ2n) is 4.50. The van der Waals surface area contributed by atoms with Crippen LogP contribution in [0.2, 0.25) is 10.0 Å². The van der Waals surface area contributed by atoms with Crippen molar-refractivity contribution in [3.8, 4) is 0 Å². The van der Waals surface area contributed by atoms with Crippen molar-refractivity contribution in [2.45, 2.75) is 13.0 Å². The van der Waals surface area contributed by atoms with Crippen molar-refractivity contribution in [3.63, 3.8) is 0 Å². The summed E-state index contributed by atoms with van der Waals surface area (Å²) < 4.78 is 0. The van der Waals surface area contributed by atoms with Crippen molar-refractivity contribution < 1.29 is 4.79 Å². The molecule has 1 heterocycles. The normalized spacial score (nSPS) is 12.0. The molecule has 1 amide bonds. The van der Waals surface area contributed by atoms with E-state index in [-0.39, 0.29) is 11.9 Å². The molecule has 104 valence electrons. The number of rotatable bonds is 3. The van der Waals surface area contributed by atoms with Gasteiger partial charge in [-0.1, -0.05) is 35.3 Å². The number of carbonyl (C=O) groups is 1. The van der Waals surface area contributed by atoms with Gasteiger partial charge >= 0.3 is 0 Å². The standard InChI is InChI=1S/C15H14Cl2N2O/c1-10(11-3-5-12(16)6-4-11)19(2)15(20)14-9-13(17)7-8-18-14/h3-10H,1-2H3. The van der Waals surface area contributed by atoms with E-state index < -0.39 is 0 Å². The molecule has 3 nitrogen and oxygen atoms in total. The fourth-order valence-corrected chi connectivity index (χ4v) is 2.13. The summed E-state index contributed by atoms with van der Waals surface area (Å²) in [4.78, 5) is 18.0. The van der Waals surface area contributed by atoms with Gasteiger partial charge in [0.25, 0.3) is 5.91 Å². The Morgan fingerprint density at radius 2 is 1.80 bits per heavy atom. The molecule has 0 aliphatic carbocycles. The van der Waals surface area contributed by atoms with Crippen molar-refractivity contribution in [2.75, 3.05) is 7.05 Å². The highest BCUT2D eigenvalue weighted by molar-refractivity contribution is 6.31. The third-order valence-corrected chi connectivity index (χ3v) is 3.68. The van der Waals surface area contributed by atoms with Crippen LogP contribution in [0.3, 0.4) is 0 Å². The van der Waals surface area contributed by atoms with E-state index in [0.29, 0.717) is 15.7 Å². The molecular weight excluding hydrogens is 295 g/mol. The average Bonchev–Trinajstić information content (AvgIpc) is 2.46. The van der Waals surface area contributed by atoms with Gasteiger partial charge < -0.3 is 4.90 Å². The van der Waals surface area contributed by atoms with E-state index in [4.69, 9.17) is 23.2 Å². The molecule has 0 radical (unpaired) electrons. The molecule has 0 aliphatic rings. The van der Waals surface area contributed by atoms with Gasteiger partial charge in [-0.3, -0.25) is 9.78 Å². The number of hydrogen-bond acceptors (Lipinski definition) is 2. The van der Waals surface area contributed by atoms with E-state index in [1.165, 1.54) is 6.20 Å². The van der Waals surface area contributed by atoms with Crippen molar-refractivity contribution in [1.82, 2.24) is 9.88 Å². The number of hydrogen-bond donors (Lipinski definition) is 0. The van der Waals surface area contributed by atoms with E-state index in [0.717, 1.165) is 5.56 Å². The summed E-state index contributed by atoms with van der Waals surface area (Å²) in [6.07, 6.45) is 1.52. The predicted octanol–water partition coefficient (Wildman–Crippen LogP) is 4.22. The van der Waals surface area contributed by atoms with Gasteiger partial charge in [0, 0.05) is 23.3 Å². The molecule has 0 aliphatic heterocycles. The maximum atomic E-state index is 12.4. The van der Waals surface area contributed by atoms with Crippen LogP contribution in [0.5, 0.6) is 0 Å². The number of amides is 1.